The van der Waals surface area contributed by atoms with Crippen molar-refractivity contribution in [2.24, 2.45) is 0 Å². The number of ether oxygens (including phenoxy) is 1. The van der Waals surface area contributed by atoms with Gasteiger partial charge in [0.15, 0.2) is 0 Å². The molecule has 2 rings (SSSR count). The predicted octanol–water partition coefficient (Wildman–Crippen LogP) is 2.25. The number of hydrogen-bond acceptors (Lipinski definition) is 4. The molecule has 1 atom stereocenters. The van der Waals surface area contributed by atoms with E-state index in [1.54, 1.807) is 6.08 Å². The highest BCUT2D eigenvalue weighted by molar-refractivity contribution is 5.76. The quantitative estimate of drug-likeness (QED) is 0.600. The molecule has 1 aromatic heterocycles. The highest BCUT2D eigenvalue weighted by Gasteiger charge is 2.19. The van der Waals surface area contributed by atoms with Crippen LogP contribution in [0.25, 0.3) is 0 Å². The van der Waals surface area contributed by atoms with Crippen LogP contribution in [0.4, 0.5) is 0 Å². The average molecular weight is 313 g/mol. The highest BCUT2D eigenvalue weighted by Crippen LogP contribution is 2.09. The third-order valence-corrected chi connectivity index (χ3v) is 3.67. The van der Waals surface area contributed by atoms with Gasteiger partial charge in [-0.1, -0.05) is 36.4 Å². The Kier molecular flexibility index (Phi) is 6.11. The van der Waals surface area contributed by atoms with Gasteiger partial charge in [-0.2, -0.15) is 5.10 Å². The first-order chi connectivity index (χ1) is 11.1. The minimum absolute atomic E-state index is 0.259. The van der Waals surface area contributed by atoms with Crippen molar-refractivity contribution >= 4 is 5.97 Å². The Morgan fingerprint density at radius 1 is 1.43 bits per heavy atom. The van der Waals surface area contributed by atoms with Crippen molar-refractivity contribution in [3.63, 3.8) is 0 Å². The largest absolute Gasteiger partial charge is 0.468 e. The smallest absolute Gasteiger partial charge is 0.323 e. The first-order valence-electron chi connectivity index (χ1n) is 7.63. The van der Waals surface area contributed by atoms with Gasteiger partial charge in [-0.15, -0.1) is 6.58 Å². The monoisotopic (exact) mass is 313 g/mol. The summed E-state index contributed by atoms with van der Waals surface area (Å²) >= 11 is 0. The van der Waals surface area contributed by atoms with Crippen LogP contribution in [0.5, 0.6) is 0 Å². The summed E-state index contributed by atoms with van der Waals surface area (Å²) in [6, 6.07) is 9.52. The molecular formula is C18H23N3O2. The molecule has 5 heteroatoms. The van der Waals surface area contributed by atoms with E-state index in [2.05, 4.69) is 17.0 Å². The molecule has 0 radical (unpaired) electrons. The Labute approximate surface area is 137 Å². The van der Waals surface area contributed by atoms with Crippen LogP contribution in [0.3, 0.4) is 0 Å². The van der Waals surface area contributed by atoms with E-state index in [0.29, 0.717) is 19.5 Å². The van der Waals surface area contributed by atoms with Crippen molar-refractivity contribution in [2.75, 3.05) is 7.11 Å². The summed E-state index contributed by atoms with van der Waals surface area (Å²) in [6.07, 6.45) is 4.37. The predicted molar refractivity (Wildman–Crippen MR) is 90.0 cm³/mol. The first-order valence-corrected chi connectivity index (χ1v) is 7.63. The Morgan fingerprint density at radius 3 is 2.83 bits per heavy atom. The topological polar surface area (TPSA) is 56.2 Å². The van der Waals surface area contributed by atoms with Gasteiger partial charge in [0.1, 0.15) is 6.04 Å². The molecule has 0 bridgehead atoms. The van der Waals surface area contributed by atoms with Gasteiger partial charge >= 0.3 is 5.97 Å². The number of benzene rings is 1. The lowest BCUT2D eigenvalue weighted by Gasteiger charge is -2.16. The fraction of sp³-hybridized carbons (Fsp3) is 0.333. The summed E-state index contributed by atoms with van der Waals surface area (Å²) in [5, 5.41) is 7.69. The van der Waals surface area contributed by atoms with Crippen molar-refractivity contribution < 1.29 is 9.53 Å². The zero-order valence-electron chi connectivity index (χ0n) is 13.7. The number of rotatable bonds is 8. The lowest BCUT2D eigenvalue weighted by Crippen LogP contribution is -2.39. The Balaban J connectivity index is 2.03. The van der Waals surface area contributed by atoms with Crippen LogP contribution in [0.2, 0.25) is 0 Å². The number of aryl methyl sites for hydroxylation is 1. The second kappa shape index (κ2) is 8.29. The third kappa shape index (κ3) is 4.79. The number of carbonyl (C=O) groups excluding carboxylic acids is 1. The van der Waals surface area contributed by atoms with E-state index in [1.807, 2.05) is 48.1 Å². The molecule has 122 valence electrons. The molecule has 1 aromatic carbocycles. The molecule has 0 saturated carbocycles. The molecule has 0 fully saturated rings. The molecule has 23 heavy (non-hydrogen) atoms. The molecule has 0 unspecified atom stereocenters. The first kappa shape index (κ1) is 17.0. The van der Waals surface area contributed by atoms with Gasteiger partial charge in [-0.25, -0.2) is 0 Å². The Morgan fingerprint density at radius 2 is 2.17 bits per heavy atom. The van der Waals surface area contributed by atoms with Gasteiger partial charge in [0, 0.05) is 18.3 Å². The number of methoxy groups -OCH3 is 1. The van der Waals surface area contributed by atoms with E-state index in [1.165, 1.54) is 7.11 Å². The van der Waals surface area contributed by atoms with Gasteiger partial charge in [0.2, 0.25) is 0 Å². The van der Waals surface area contributed by atoms with Gasteiger partial charge in [-0.3, -0.25) is 14.8 Å². The van der Waals surface area contributed by atoms with E-state index in [9.17, 15) is 4.79 Å². The van der Waals surface area contributed by atoms with Crippen molar-refractivity contribution in [3.05, 3.63) is 66.0 Å². The lowest BCUT2D eigenvalue weighted by atomic mass is 10.1. The molecule has 0 aliphatic carbocycles. The highest BCUT2D eigenvalue weighted by atomic mass is 16.5. The molecule has 1 N–H and O–H groups in total. The third-order valence-electron chi connectivity index (χ3n) is 3.67. The van der Waals surface area contributed by atoms with Crippen molar-refractivity contribution in [3.8, 4) is 0 Å². The molecule has 0 aliphatic heterocycles. The maximum atomic E-state index is 12.0. The van der Waals surface area contributed by atoms with E-state index in [-0.39, 0.29) is 12.0 Å². The summed E-state index contributed by atoms with van der Waals surface area (Å²) in [4.78, 5) is 12.0. The molecule has 0 saturated heterocycles. The average Bonchev–Trinajstić information content (AvgIpc) is 2.91. The van der Waals surface area contributed by atoms with Gasteiger partial charge in [0.25, 0.3) is 0 Å². The Bertz CT molecular complexity index is 650. The van der Waals surface area contributed by atoms with E-state index in [4.69, 9.17) is 4.74 Å². The maximum absolute atomic E-state index is 12.0. The van der Waals surface area contributed by atoms with Crippen LogP contribution < -0.4 is 5.32 Å². The second-order valence-corrected chi connectivity index (χ2v) is 5.40. The normalized spacial score (nSPS) is 11.9. The number of nitrogens with zero attached hydrogens (tertiary/aromatic N) is 2. The van der Waals surface area contributed by atoms with Crippen LogP contribution >= 0.6 is 0 Å². The molecule has 2 aromatic rings. The van der Waals surface area contributed by atoms with Crippen LogP contribution in [0, 0.1) is 6.92 Å². The number of nitrogens with one attached hydrogen (secondary N) is 1. The molecular weight excluding hydrogens is 290 g/mol. The fourth-order valence-electron chi connectivity index (χ4n) is 2.42. The van der Waals surface area contributed by atoms with Crippen LogP contribution in [0.15, 0.2) is 49.2 Å². The summed E-state index contributed by atoms with van der Waals surface area (Å²) < 4.78 is 6.75. The Hall–Kier alpha value is -2.40. The lowest BCUT2D eigenvalue weighted by molar-refractivity contribution is -0.143. The molecule has 1 heterocycles. The van der Waals surface area contributed by atoms with Crippen molar-refractivity contribution in [2.45, 2.75) is 32.5 Å². The molecule has 5 nitrogen and oxygen atoms in total. The SMILES string of the molecule is C=CCn1cc(CN[C@@H](Cc2ccccc2)C(=O)OC)c(C)n1. The van der Waals surface area contributed by atoms with Crippen molar-refractivity contribution in [1.82, 2.24) is 15.1 Å². The molecule has 0 aliphatic rings. The summed E-state index contributed by atoms with van der Waals surface area (Å²) in [5.74, 6) is -0.259. The number of aromatic nitrogens is 2. The fourth-order valence-corrected chi connectivity index (χ4v) is 2.42. The summed E-state index contributed by atoms with van der Waals surface area (Å²) in [5.41, 5.74) is 3.10. The van der Waals surface area contributed by atoms with Crippen LogP contribution in [-0.4, -0.2) is 28.9 Å². The van der Waals surface area contributed by atoms with Gasteiger partial charge in [0.05, 0.1) is 19.3 Å². The van der Waals surface area contributed by atoms with Crippen LogP contribution in [-0.2, 0) is 29.0 Å². The van der Waals surface area contributed by atoms with Crippen LogP contribution in [0.1, 0.15) is 16.8 Å². The second-order valence-electron chi connectivity index (χ2n) is 5.40. The van der Waals surface area contributed by atoms with E-state index < -0.39 is 0 Å². The minimum Gasteiger partial charge on any atom is -0.468 e. The number of hydrogen-bond donors (Lipinski definition) is 1. The summed E-state index contributed by atoms with van der Waals surface area (Å²) in [7, 11) is 1.41. The zero-order chi connectivity index (χ0) is 16.7. The molecule has 0 spiro atoms. The molecule has 0 amide bonds. The van der Waals surface area contributed by atoms with Crippen molar-refractivity contribution in [1.29, 1.82) is 0 Å². The number of allylic oxidation sites excluding steroid dienone is 1. The number of esters is 1. The van der Waals surface area contributed by atoms with E-state index in [0.717, 1.165) is 16.8 Å². The minimum atomic E-state index is -0.385. The van der Waals surface area contributed by atoms with E-state index >= 15 is 0 Å². The maximum Gasteiger partial charge on any atom is 0.323 e. The number of carbonyl (C=O) groups is 1. The standard InChI is InChI=1S/C18H23N3O2/c1-4-10-21-13-16(14(2)20-21)12-19-17(18(22)23-3)11-15-8-6-5-7-9-15/h4-9,13,17,19H,1,10-12H2,2-3H3/t17-/m0/s1. The zero-order valence-corrected chi connectivity index (χ0v) is 13.7. The van der Waals surface area contributed by atoms with Gasteiger partial charge < -0.3 is 4.74 Å². The summed E-state index contributed by atoms with van der Waals surface area (Å²) in [6.45, 7) is 6.91. The van der Waals surface area contributed by atoms with Gasteiger partial charge in [-0.05, 0) is 18.9 Å².